The summed E-state index contributed by atoms with van der Waals surface area (Å²) in [5, 5.41) is 0. The van der Waals surface area contributed by atoms with E-state index in [2.05, 4.69) is 0 Å². The highest BCUT2D eigenvalue weighted by atomic mass is 16.5. The number of methoxy groups -OCH3 is 1. The minimum atomic E-state index is 0.0903. The van der Waals surface area contributed by atoms with Crippen molar-refractivity contribution in [3.63, 3.8) is 0 Å². The predicted molar refractivity (Wildman–Crippen MR) is 84.8 cm³/mol. The number of hydrogen-bond donors (Lipinski definition) is 0. The van der Waals surface area contributed by atoms with Gasteiger partial charge in [-0.1, -0.05) is 12.1 Å². The Labute approximate surface area is 131 Å². The maximum absolute atomic E-state index is 12.3. The van der Waals surface area contributed by atoms with Crippen LogP contribution in [0.2, 0.25) is 0 Å². The predicted octanol–water partition coefficient (Wildman–Crippen LogP) is 1.71. The molecule has 1 saturated heterocycles. The molecule has 5 nitrogen and oxygen atoms in total. The van der Waals surface area contributed by atoms with Crippen LogP contribution in [0.4, 0.5) is 0 Å². The highest BCUT2D eigenvalue weighted by molar-refractivity contribution is 5.77. The highest BCUT2D eigenvalue weighted by Gasteiger charge is 2.19. The van der Waals surface area contributed by atoms with E-state index in [9.17, 15) is 9.59 Å². The minimum absolute atomic E-state index is 0.0903. The topological polar surface area (TPSA) is 49.9 Å². The lowest BCUT2D eigenvalue weighted by atomic mass is 10.1. The van der Waals surface area contributed by atoms with Gasteiger partial charge in [0.2, 0.25) is 11.8 Å². The summed E-state index contributed by atoms with van der Waals surface area (Å²) in [6.07, 6.45) is 2.09. The number of hydrogen-bond acceptors (Lipinski definition) is 3. The second-order valence-corrected chi connectivity index (χ2v) is 5.59. The van der Waals surface area contributed by atoms with Crippen LogP contribution in [0.3, 0.4) is 0 Å². The fraction of sp³-hybridized carbons (Fsp3) is 0.529. The van der Waals surface area contributed by atoms with E-state index in [0.717, 1.165) is 37.2 Å². The smallest absolute Gasteiger partial charge is 0.222 e. The summed E-state index contributed by atoms with van der Waals surface area (Å²) in [5.41, 5.74) is 1.13. The molecule has 120 valence electrons. The molecular formula is C17H24N2O3. The molecule has 1 aliphatic rings. The second kappa shape index (κ2) is 7.82. The second-order valence-electron chi connectivity index (χ2n) is 5.59. The molecule has 2 rings (SSSR count). The highest BCUT2D eigenvalue weighted by Crippen LogP contribution is 2.13. The van der Waals surface area contributed by atoms with Crippen LogP contribution in [0.5, 0.6) is 5.75 Å². The Kier molecular flexibility index (Phi) is 5.81. The van der Waals surface area contributed by atoms with Crippen LogP contribution in [0.25, 0.3) is 0 Å². The number of ether oxygens (including phenoxy) is 1. The zero-order chi connectivity index (χ0) is 15.9. The summed E-state index contributed by atoms with van der Waals surface area (Å²) in [4.78, 5) is 27.4. The summed E-state index contributed by atoms with van der Waals surface area (Å²) < 4.78 is 5.13. The van der Waals surface area contributed by atoms with Gasteiger partial charge in [0, 0.05) is 39.5 Å². The van der Waals surface area contributed by atoms with Gasteiger partial charge in [-0.25, -0.2) is 0 Å². The van der Waals surface area contributed by atoms with Gasteiger partial charge in [-0.3, -0.25) is 9.59 Å². The number of carbonyl (C=O) groups excluding carboxylic acids is 2. The summed E-state index contributed by atoms with van der Waals surface area (Å²) in [6, 6.07) is 7.81. The van der Waals surface area contributed by atoms with Gasteiger partial charge >= 0.3 is 0 Å². The standard InChI is InChI=1S/C17H24N2O3/c1-14(20)18-10-3-11-19(13-12-18)17(21)9-6-15-4-7-16(22-2)8-5-15/h4-5,7-8H,3,6,9-13H2,1-2H3. The molecule has 2 amide bonds. The number of rotatable bonds is 4. The van der Waals surface area contributed by atoms with E-state index in [1.165, 1.54) is 0 Å². The van der Waals surface area contributed by atoms with Crippen molar-refractivity contribution >= 4 is 11.8 Å². The molecule has 0 radical (unpaired) electrons. The van der Waals surface area contributed by atoms with Crippen molar-refractivity contribution in [2.24, 2.45) is 0 Å². The Hall–Kier alpha value is -2.04. The normalized spacial score (nSPS) is 15.4. The van der Waals surface area contributed by atoms with Gasteiger partial charge in [-0.05, 0) is 30.5 Å². The van der Waals surface area contributed by atoms with E-state index in [1.807, 2.05) is 34.1 Å². The van der Waals surface area contributed by atoms with Crippen LogP contribution in [-0.4, -0.2) is 54.9 Å². The number of nitrogens with zero attached hydrogens (tertiary/aromatic N) is 2. The first-order valence-corrected chi connectivity index (χ1v) is 7.76. The fourth-order valence-corrected chi connectivity index (χ4v) is 2.68. The number of carbonyl (C=O) groups is 2. The summed E-state index contributed by atoms with van der Waals surface area (Å²) in [5.74, 6) is 1.08. The molecule has 0 aliphatic carbocycles. The lowest BCUT2D eigenvalue weighted by molar-refractivity contribution is -0.132. The molecule has 5 heteroatoms. The van der Waals surface area contributed by atoms with Gasteiger partial charge in [0.15, 0.2) is 0 Å². The third-order valence-electron chi connectivity index (χ3n) is 4.08. The molecule has 0 unspecified atom stereocenters. The lowest BCUT2D eigenvalue weighted by Crippen LogP contribution is -2.36. The molecule has 1 aromatic carbocycles. The van der Waals surface area contributed by atoms with Crippen molar-refractivity contribution in [3.05, 3.63) is 29.8 Å². The molecular weight excluding hydrogens is 280 g/mol. The molecule has 0 saturated carbocycles. The van der Waals surface area contributed by atoms with E-state index in [4.69, 9.17) is 4.74 Å². The quantitative estimate of drug-likeness (QED) is 0.851. The first-order chi connectivity index (χ1) is 10.6. The SMILES string of the molecule is COc1ccc(CCC(=O)N2CCCN(C(C)=O)CC2)cc1. The van der Waals surface area contributed by atoms with Gasteiger partial charge in [-0.2, -0.15) is 0 Å². The van der Waals surface area contributed by atoms with Crippen molar-refractivity contribution in [2.75, 3.05) is 33.3 Å². The Balaban J connectivity index is 1.82. The summed E-state index contributed by atoms with van der Waals surface area (Å²) in [7, 11) is 1.64. The molecule has 1 aromatic rings. The van der Waals surface area contributed by atoms with Crippen LogP contribution in [0, 0.1) is 0 Å². The summed E-state index contributed by atoms with van der Waals surface area (Å²) >= 11 is 0. The molecule has 0 aromatic heterocycles. The zero-order valence-electron chi connectivity index (χ0n) is 13.4. The molecule has 1 aliphatic heterocycles. The van der Waals surface area contributed by atoms with Crippen molar-refractivity contribution in [3.8, 4) is 5.75 Å². The maximum atomic E-state index is 12.3. The van der Waals surface area contributed by atoms with Gasteiger partial charge in [-0.15, -0.1) is 0 Å². The first kappa shape index (κ1) is 16.3. The zero-order valence-corrected chi connectivity index (χ0v) is 13.4. The number of benzene rings is 1. The third kappa shape index (κ3) is 4.48. The van der Waals surface area contributed by atoms with E-state index in [1.54, 1.807) is 14.0 Å². The average molecular weight is 304 g/mol. The third-order valence-corrected chi connectivity index (χ3v) is 4.08. The molecule has 0 bridgehead atoms. The van der Waals surface area contributed by atoms with Crippen LogP contribution in [0.15, 0.2) is 24.3 Å². The monoisotopic (exact) mass is 304 g/mol. The Bertz CT molecular complexity index is 513. The van der Waals surface area contributed by atoms with Crippen molar-refractivity contribution in [1.29, 1.82) is 0 Å². The largest absolute Gasteiger partial charge is 0.497 e. The van der Waals surface area contributed by atoms with E-state index in [0.29, 0.717) is 19.5 Å². The van der Waals surface area contributed by atoms with Gasteiger partial charge < -0.3 is 14.5 Å². The molecule has 1 fully saturated rings. The van der Waals surface area contributed by atoms with Crippen molar-refractivity contribution in [1.82, 2.24) is 9.80 Å². The molecule has 1 heterocycles. The lowest BCUT2D eigenvalue weighted by Gasteiger charge is -2.21. The van der Waals surface area contributed by atoms with Crippen LogP contribution >= 0.6 is 0 Å². The maximum Gasteiger partial charge on any atom is 0.222 e. The van der Waals surface area contributed by atoms with Crippen molar-refractivity contribution in [2.45, 2.75) is 26.2 Å². The van der Waals surface area contributed by atoms with Crippen LogP contribution < -0.4 is 4.74 Å². The van der Waals surface area contributed by atoms with Gasteiger partial charge in [0.25, 0.3) is 0 Å². The van der Waals surface area contributed by atoms with Crippen molar-refractivity contribution < 1.29 is 14.3 Å². The van der Waals surface area contributed by atoms with E-state index < -0.39 is 0 Å². The van der Waals surface area contributed by atoms with E-state index >= 15 is 0 Å². The van der Waals surface area contributed by atoms with Crippen LogP contribution in [-0.2, 0) is 16.0 Å². The molecule has 0 atom stereocenters. The molecule has 0 spiro atoms. The molecule has 22 heavy (non-hydrogen) atoms. The first-order valence-electron chi connectivity index (χ1n) is 7.76. The minimum Gasteiger partial charge on any atom is -0.497 e. The Morgan fingerprint density at radius 2 is 1.68 bits per heavy atom. The Morgan fingerprint density at radius 1 is 1.05 bits per heavy atom. The summed E-state index contributed by atoms with van der Waals surface area (Å²) in [6.45, 7) is 4.36. The fourth-order valence-electron chi connectivity index (χ4n) is 2.68. The van der Waals surface area contributed by atoms with Gasteiger partial charge in [0.05, 0.1) is 7.11 Å². The average Bonchev–Trinajstić information content (AvgIpc) is 2.79. The number of amides is 2. The number of aryl methyl sites for hydroxylation is 1. The molecule has 0 N–H and O–H groups in total. The van der Waals surface area contributed by atoms with E-state index in [-0.39, 0.29) is 11.8 Å². The Morgan fingerprint density at radius 3 is 2.32 bits per heavy atom. The van der Waals surface area contributed by atoms with Crippen LogP contribution in [0.1, 0.15) is 25.3 Å². The van der Waals surface area contributed by atoms with Gasteiger partial charge in [0.1, 0.15) is 5.75 Å².